The van der Waals surface area contributed by atoms with Crippen molar-refractivity contribution in [3.8, 4) is 5.75 Å². The third-order valence-corrected chi connectivity index (χ3v) is 6.11. The average molecular weight is 428 g/mol. The van der Waals surface area contributed by atoms with Crippen LogP contribution in [0.1, 0.15) is 52.4 Å². The molecule has 1 unspecified atom stereocenters. The van der Waals surface area contributed by atoms with E-state index >= 15 is 0 Å². The number of nitrogens with one attached hydrogen (secondary N) is 1. The van der Waals surface area contributed by atoms with Crippen LogP contribution in [0.3, 0.4) is 0 Å². The number of halogens is 2. The number of hydrogen-bond acceptors (Lipinski definition) is 3. The van der Waals surface area contributed by atoms with E-state index in [0.29, 0.717) is 45.0 Å². The quantitative estimate of drug-likeness (QED) is 0.802. The van der Waals surface area contributed by atoms with Gasteiger partial charge in [0.2, 0.25) is 5.91 Å². The number of rotatable bonds is 3. The summed E-state index contributed by atoms with van der Waals surface area (Å²) in [7, 11) is 0. The molecule has 2 amide bonds. The number of ether oxygens (including phenoxy) is 1. The zero-order valence-corrected chi connectivity index (χ0v) is 17.7. The highest BCUT2D eigenvalue weighted by molar-refractivity contribution is 5.94. The molecule has 0 aliphatic carbocycles. The molecule has 164 valence electrons. The van der Waals surface area contributed by atoms with Crippen LogP contribution in [0.5, 0.6) is 5.75 Å². The topological polar surface area (TPSA) is 58.6 Å². The van der Waals surface area contributed by atoms with Crippen molar-refractivity contribution in [2.75, 3.05) is 19.7 Å². The van der Waals surface area contributed by atoms with Crippen LogP contribution >= 0.6 is 0 Å². The number of piperidine rings is 1. The van der Waals surface area contributed by atoms with E-state index < -0.39 is 17.5 Å². The van der Waals surface area contributed by atoms with E-state index in [1.165, 1.54) is 11.0 Å². The molecule has 1 atom stereocenters. The second kappa shape index (κ2) is 8.65. The lowest BCUT2D eigenvalue weighted by Crippen LogP contribution is -2.44. The van der Waals surface area contributed by atoms with Gasteiger partial charge < -0.3 is 15.0 Å². The van der Waals surface area contributed by atoms with Crippen LogP contribution in [-0.4, -0.2) is 36.4 Å². The zero-order chi connectivity index (χ0) is 22.1. The molecule has 2 aromatic carbocycles. The van der Waals surface area contributed by atoms with Gasteiger partial charge in [-0.25, -0.2) is 8.78 Å². The highest BCUT2D eigenvalue weighted by atomic mass is 19.1. The van der Waals surface area contributed by atoms with Gasteiger partial charge in [0.05, 0.1) is 18.2 Å². The molecule has 4 rings (SSSR count). The monoisotopic (exact) mass is 428 g/mol. The molecule has 2 aliphatic rings. The molecule has 2 heterocycles. The van der Waals surface area contributed by atoms with Gasteiger partial charge in [0.1, 0.15) is 17.4 Å². The second-order valence-electron chi connectivity index (χ2n) is 8.39. The van der Waals surface area contributed by atoms with Crippen LogP contribution in [0.25, 0.3) is 0 Å². The fourth-order valence-electron chi connectivity index (χ4n) is 4.50. The summed E-state index contributed by atoms with van der Waals surface area (Å²) in [4.78, 5) is 27.0. The molecule has 2 aliphatic heterocycles. The van der Waals surface area contributed by atoms with Crippen molar-refractivity contribution in [2.24, 2.45) is 5.92 Å². The predicted octanol–water partition coefficient (Wildman–Crippen LogP) is 4.07. The van der Waals surface area contributed by atoms with Crippen LogP contribution < -0.4 is 10.1 Å². The van der Waals surface area contributed by atoms with E-state index in [0.717, 1.165) is 28.5 Å². The van der Waals surface area contributed by atoms with Crippen molar-refractivity contribution in [3.05, 3.63) is 64.2 Å². The Balaban J connectivity index is 1.38. The molecule has 1 N–H and O–H groups in total. The summed E-state index contributed by atoms with van der Waals surface area (Å²) in [5.41, 5.74) is 3.06. The van der Waals surface area contributed by atoms with Crippen molar-refractivity contribution in [2.45, 2.75) is 39.2 Å². The van der Waals surface area contributed by atoms with Crippen molar-refractivity contribution in [1.82, 2.24) is 10.2 Å². The Bertz CT molecular complexity index is 1020. The maximum absolute atomic E-state index is 13.9. The van der Waals surface area contributed by atoms with E-state index in [1.54, 1.807) is 0 Å². The van der Waals surface area contributed by atoms with Crippen LogP contribution in [0, 0.1) is 31.4 Å². The number of nitrogens with zero attached hydrogens (tertiary/aromatic N) is 1. The van der Waals surface area contributed by atoms with E-state index in [1.807, 2.05) is 13.8 Å². The van der Waals surface area contributed by atoms with Crippen molar-refractivity contribution in [3.63, 3.8) is 0 Å². The Morgan fingerprint density at radius 1 is 1.06 bits per heavy atom. The summed E-state index contributed by atoms with van der Waals surface area (Å²) in [6, 6.07) is 6.99. The third-order valence-electron chi connectivity index (χ3n) is 6.11. The molecular formula is C24H26F2N2O3. The second-order valence-corrected chi connectivity index (χ2v) is 8.39. The molecule has 0 saturated carbocycles. The minimum atomic E-state index is -0.867. The third kappa shape index (κ3) is 4.40. The highest BCUT2D eigenvalue weighted by Gasteiger charge is 2.31. The zero-order valence-electron chi connectivity index (χ0n) is 17.7. The molecule has 5 nitrogen and oxygen atoms in total. The number of amides is 2. The number of aryl methyl sites for hydroxylation is 2. The number of carbonyl (C=O) groups excluding carboxylic acids is 2. The first-order chi connectivity index (χ1) is 14.8. The van der Waals surface area contributed by atoms with Crippen LogP contribution in [-0.2, 0) is 4.79 Å². The summed E-state index contributed by atoms with van der Waals surface area (Å²) in [5.74, 6) is -1.45. The molecular weight excluding hydrogens is 402 g/mol. The first kappa shape index (κ1) is 21.3. The molecule has 2 aromatic rings. The number of likely N-dealkylation sites (tertiary alicyclic amines) is 1. The normalized spacial score (nSPS) is 18.8. The largest absolute Gasteiger partial charge is 0.493 e. The van der Waals surface area contributed by atoms with Gasteiger partial charge in [-0.2, -0.15) is 0 Å². The number of hydrogen-bond donors (Lipinski definition) is 1. The SMILES string of the molecule is Cc1cc(C)c2c(c1)C(NC(=O)C1CCN(C(=O)c3ccc(F)cc3F)CC1)CCO2. The van der Waals surface area contributed by atoms with Crippen molar-refractivity contribution >= 4 is 11.8 Å². The van der Waals surface area contributed by atoms with Gasteiger partial charge in [0, 0.05) is 37.1 Å². The van der Waals surface area contributed by atoms with E-state index in [9.17, 15) is 18.4 Å². The molecule has 0 aromatic heterocycles. The number of fused-ring (bicyclic) bond motifs is 1. The average Bonchev–Trinajstić information content (AvgIpc) is 2.74. The van der Waals surface area contributed by atoms with Crippen molar-refractivity contribution in [1.29, 1.82) is 0 Å². The van der Waals surface area contributed by atoms with Crippen molar-refractivity contribution < 1.29 is 23.1 Å². The standard InChI is InChI=1S/C24H26F2N2O3/c1-14-11-15(2)22-19(12-14)21(7-10-31-22)27-23(29)16-5-8-28(9-6-16)24(30)18-4-3-17(25)13-20(18)26/h3-4,11-13,16,21H,5-10H2,1-2H3,(H,27,29). The smallest absolute Gasteiger partial charge is 0.256 e. The van der Waals surface area contributed by atoms with Gasteiger partial charge in [-0.3, -0.25) is 9.59 Å². The summed E-state index contributed by atoms with van der Waals surface area (Å²) >= 11 is 0. The molecule has 0 radical (unpaired) electrons. The van der Waals surface area contributed by atoms with Gasteiger partial charge in [-0.05, 0) is 44.4 Å². The Hall–Kier alpha value is -2.96. The minimum Gasteiger partial charge on any atom is -0.493 e. The fourth-order valence-corrected chi connectivity index (χ4v) is 4.50. The van der Waals surface area contributed by atoms with Gasteiger partial charge in [0.25, 0.3) is 5.91 Å². The Labute approximate surface area is 180 Å². The molecule has 1 fully saturated rings. The van der Waals surface area contributed by atoms with Crippen LogP contribution in [0.2, 0.25) is 0 Å². The van der Waals surface area contributed by atoms with Crippen LogP contribution in [0.15, 0.2) is 30.3 Å². The Morgan fingerprint density at radius 2 is 1.81 bits per heavy atom. The fraction of sp³-hybridized carbons (Fsp3) is 0.417. The van der Waals surface area contributed by atoms with E-state index in [2.05, 4.69) is 17.4 Å². The molecule has 0 bridgehead atoms. The summed E-state index contributed by atoms with van der Waals surface area (Å²) in [5, 5.41) is 3.17. The summed E-state index contributed by atoms with van der Waals surface area (Å²) < 4.78 is 32.9. The van der Waals surface area contributed by atoms with E-state index in [4.69, 9.17) is 4.74 Å². The molecule has 31 heavy (non-hydrogen) atoms. The molecule has 1 saturated heterocycles. The maximum atomic E-state index is 13.9. The molecule has 0 spiro atoms. The lowest BCUT2D eigenvalue weighted by atomic mass is 9.92. The Kier molecular flexibility index (Phi) is 5.94. The van der Waals surface area contributed by atoms with Gasteiger partial charge >= 0.3 is 0 Å². The maximum Gasteiger partial charge on any atom is 0.256 e. The minimum absolute atomic E-state index is 0.0305. The van der Waals surface area contributed by atoms with Gasteiger partial charge in [0.15, 0.2) is 0 Å². The van der Waals surface area contributed by atoms with E-state index in [-0.39, 0.29) is 23.4 Å². The highest BCUT2D eigenvalue weighted by Crippen LogP contribution is 2.36. The first-order valence-corrected chi connectivity index (χ1v) is 10.6. The Morgan fingerprint density at radius 3 is 2.52 bits per heavy atom. The lowest BCUT2D eigenvalue weighted by Gasteiger charge is -2.33. The summed E-state index contributed by atoms with van der Waals surface area (Å²) in [6.45, 7) is 5.30. The summed E-state index contributed by atoms with van der Waals surface area (Å²) in [6.07, 6.45) is 1.72. The van der Waals surface area contributed by atoms with Crippen LogP contribution in [0.4, 0.5) is 8.78 Å². The first-order valence-electron chi connectivity index (χ1n) is 10.6. The molecule has 7 heteroatoms. The van der Waals surface area contributed by atoms with Gasteiger partial charge in [-0.15, -0.1) is 0 Å². The number of benzene rings is 2. The lowest BCUT2D eigenvalue weighted by molar-refractivity contribution is -0.127. The van der Waals surface area contributed by atoms with Gasteiger partial charge in [-0.1, -0.05) is 17.7 Å². The predicted molar refractivity (Wildman–Crippen MR) is 112 cm³/mol. The number of carbonyl (C=O) groups is 2.